The molecule has 0 aromatic carbocycles. The number of hydrogen-bond acceptors (Lipinski definition) is 1. The monoisotopic (exact) mass is 268 g/mol. The molecule has 0 aromatic rings. The van der Waals surface area contributed by atoms with Crippen molar-refractivity contribution in [2.24, 2.45) is 0 Å². The van der Waals surface area contributed by atoms with E-state index < -0.39 is 5.97 Å². The van der Waals surface area contributed by atoms with Crippen LogP contribution in [-0.4, -0.2) is 11.1 Å². The summed E-state index contributed by atoms with van der Waals surface area (Å²) in [5, 5.41) is 8.50. The van der Waals surface area contributed by atoms with Crippen molar-refractivity contribution in [1.29, 1.82) is 0 Å². The molecule has 2 nitrogen and oxygen atoms in total. The molecule has 0 aromatic heterocycles. The van der Waals surface area contributed by atoms with E-state index in [0.717, 1.165) is 12.8 Å². The van der Waals surface area contributed by atoms with Crippen LogP contribution in [-0.2, 0) is 4.79 Å². The molecule has 112 valence electrons. The van der Waals surface area contributed by atoms with Gasteiger partial charge in [0, 0.05) is 6.42 Å². The van der Waals surface area contributed by atoms with Crippen molar-refractivity contribution >= 4 is 5.97 Å². The molecule has 2 heteroatoms. The molecule has 19 heavy (non-hydrogen) atoms. The topological polar surface area (TPSA) is 37.3 Å². The van der Waals surface area contributed by atoms with Crippen LogP contribution in [0.3, 0.4) is 0 Å². The van der Waals surface area contributed by atoms with Crippen LogP contribution in [0.5, 0.6) is 0 Å². The van der Waals surface area contributed by atoms with Crippen LogP contribution >= 0.6 is 0 Å². The Kier molecular flexibility index (Phi) is 14.6. The zero-order chi connectivity index (χ0) is 14.2. The second kappa shape index (κ2) is 15.3. The van der Waals surface area contributed by atoms with Gasteiger partial charge in [0.05, 0.1) is 0 Å². The number of unbranched alkanes of at least 4 members (excludes halogenated alkanes) is 10. The minimum absolute atomic E-state index is 0.336. The van der Waals surface area contributed by atoms with Crippen molar-refractivity contribution in [3.8, 4) is 0 Å². The van der Waals surface area contributed by atoms with Crippen molar-refractivity contribution in [2.45, 2.75) is 90.4 Å². The second-order valence-electron chi connectivity index (χ2n) is 5.37. The van der Waals surface area contributed by atoms with Gasteiger partial charge in [-0.15, -0.1) is 0 Å². The Hall–Kier alpha value is -0.790. The van der Waals surface area contributed by atoms with Crippen LogP contribution in [0.25, 0.3) is 0 Å². The molecule has 0 atom stereocenters. The molecule has 0 aliphatic heterocycles. The first-order valence-electron chi connectivity index (χ1n) is 8.14. The molecule has 0 aliphatic carbocycles. The summed E-state index contributed by atoms with van der Waals surface area (Å²) >= 11 is 0. The summed E-state index contributed by atoms with van der Waals surface area (Å²) in [5.74, 6) is -0.661. The number of aliphatic carboxylic acids is 1. The van der Waals surface area contributed by atoms with Gasteiger partial charge in [-0.2, -0.15) is 0 Å². The number of allylic oxidation sites excluding steroid dienone is 2. The van der Waals surface area contributed by atoms with Crippen molar-refractivity contribution in [2.75, 3.05) is 0 Å². The summed E-state index contributed by atoms with van der Waals surface area (Å²) in [7, 11) is 0. The Labute approximate surface area is 119 Å². The van der Waals surface area contributed by atoms with Crippen molar-refractivity contribution in [3.05, 3.63) is 12.2 Å². The molecular weight excluding hydrogens is 236 g/mol. The third-order valence-corrected chi connectivity index (χ3v) is 3.40. The third kappa shape index (κ3) is 17.2. The van der Waals surface area contributed by atoms with E-state index in [0.29, 0.717) is 6.42 Å². The quantitative estimate of drug-likeness (QED) is 0.323. The minimum atomic E-state index is -0.661. The lowest BCUT2D eigenvalue weighted by atomic mass is 10.1. The van der Waals surface area contributed by atoms with Gasteiger partial charge >= 0.3 is 5.97 Å². The van der Waals surface area contributed by atoms with E-state index in [-0.39, 0.29) is 0 Å². The van der Waals surface area contributed by atoms with E-state index in [1.165, 1.54) is 64.2 Å². The van der Waals surface area contributed by atoms with E-state index >= 15 is 0 Å². The van der Waals surface area contributed by atoms with Gasteiger partial charge in [-0.25, -0.2) is 0 Å². The number of carboxylic acid groups (broad SMARTS) is 1. The predicted octanol–water partition coefficient (Wildman–Crippen LogP) is 5.72. The third-order valence-electron chi connectivity index (χ3n) is 3.40. The first kappa shape index (κ1) is 18.2. The number of carboxylic acids is 1. The van der Waals surface area contributed by atoms with Gasteiger partial charge in [0.15, 0.2) is 0 Å². The maximum atomic E-state index is 10.3. The molecule has 0 bridgehead atoms. The highest BCUT2D eigenvalue weighted by molar-refractivity contribution is 5.66. The second-order valence-corrected chi connectivity index (χ2v) is 5.37. The summed E-state index contributed by atoms with van der Waals surface area (Å²) in [6, 6.07) is 0. The first-order chi connectivity index (χ1) is 9.27. The lowest BCUT2D eigenvalue weighted by Crippen LogP contribution is -1.93. The summed E-state index contributed by atoms with van der Waals surface area (Å²) in [4.78, 5) is 10.3. The van der Waals surface area contributed by atoms with Crippen LogP contribution in [0, 0.1) is 0 Å². The van der Waals surface area contributed by atoms with Gasteiger partial charge in [0.2, 0.25) is 0 Å². The van der Waals surface area contributed by atoms with Crippen LogP contribution in [0.2, 0.25) is 0 Å². The maximum absolute atomic E-state index is 10.3. The molecule has 1 N–H and O–H groups in total. The highest BCUT2D eigenvalue weighted by Gasteiger charge is 1.96. The van der Waals surface area contributed by atoms with E-state index in [1.807, 2.05) is 0 Å². The van der Waals surface area contributed by atoms with Crippen molar-refractivity contribution in [3.63, 3.8) is 0 Å². The minimum Gasteiger partial charge on any atom is -0.481 e. The van der Waals surface area contributed by atoms with Crippen LogP contribution < -0.4 is 0 Å². The van der Waals surface area contributed by atoms with Gasteiger partial charge in [0.25, 0.3) is 0 Å². The summed E-state index contributed by atoms with van der Waals surface area (Å²) in [6.07, 6.45) is 19.8. The summed E-state index contributed by atoms with van der Waals surface area (Å²) < 4.78 is 0. The standard InChI is InChI=1S/C17H32O2/c1-2-3-4-5-6-7-8-9-10-11-12-13-14-15-16-17(18)19/h6-7H,2-5,8-16H2,1H3,(H,18,19)/b7-6+. The molecule has 0 unspecified atom stereocenters. The lowest BCUT2D eigenvalue weighted by Gasteiger charge is -2.00. The highest BCUT2D eigenvalue weighted by atomic mass is 16.4. The van der Waals surface area contributed by atoms with Crippen molar-refractivity contribution in [1.82, 2.24) is 0 Å². The molecule has 0 radical (unpaired) electrons. The number of rotatable bonds is 14. The fourth-order valence-corrected chi connectivity index (χ4v) is 2.17. The SMILES string of the molecule is CCCCC/C=C/CCCCCCCCCC(=O)O. The van der Waals surface area contributed by atoms with Crippen LogP contribution in [0.15, 0.2) is 12.2 Å². The molecule has 0 fully saturated rings. The molecule has 0 heterocycles. The van der Waals surface area contributed by atoms with Crippen LogP contribution in [0.4, 0.5) is 0 Å². The van der Waals surface area contributed by atoms with E-state index in [1.54, 1.807) is 0 Å². The van der Waals surface area contributed by atoms with Crippen LogP contribution in [0.1, 0.15) is 90.4 Å². The van der Waals surface area contributed by atoms with Gasteiger partial charge in [-0.05, 0) is 32.1 Å². The molecule has 0 amide bonds. The Morgan fingerprint density at radius 3 is 1.79 bits per heavy atom. The molecule has 0 saturated carbocycles. The van der Waals surface area contributed by atoms with Gasteiger partial charge < -0.3 is 5.11 Å². The summed E-state index contributed by atoms with van der Waals surface area (Å²) in [6.45, 7) is 2.24. The van der Waals surface area contributed by atoms with E-state index in [2.05, 4.69) is 19.1 Å². The Bertz CT molecular complexity index is 221. The highest BCUT2D eigenvalue weighted by Crippen LogP contribution is 2.10. The van der Waals surface area contributed by atoms with E-state index in [9.17, 15) is 4.79 Å². The van der Waals surface area contributed by atoms with Crippen molar-refractivity contribution < 1.29 is 9.90 Å². The Balaban J connectivity index is 3.04. The van der Waals surface area contributed by atoms with E-state index in [4.69, 9.17) is 5.11 Å². The predicted molar refractivity (Wildman–Crippen MR) is 82.5 cm³/mol. The molecule has 0 saturated heterocycles. The van der Waals surface area contributed by atoms with Gasteiger partial charge in [-0.1, -0.05) is 64.0 Å². The Morgan fingerprint density at radius 1 is 0.789 bits per heavy atom. The fraction of sp³-hybridized carbons (Fsp3) is 0.824. The number of hydrogen-bond donors (Lipinski definition) is 1. The molecule has 0 spiro atoms. The average molecular weight is 268 g/mol. The smallest absolute Gasteiger partial charge is 0.303 e. The number of carbonyl (C=O) groups is 1. The largest absolute Gasteiger partial charge is 0.481 e. The maximum Gasteiger partial charge on any atom is 0.303 e. The Morgan fingerprint density at radius 2 is 1.26 bits per heavy atom. The van der Waals surface area contributed by atoms with Gasteiger partial charge in [0.1, 0.15) is 0 Å². The first-order valence-corrected chi connectivity index (χ1v) is 8.14. The molecule has 0 aliphatic rings. The average Bonchev–Trinajstić information content (AvgIpc) is 2.39. The zero-order valence-electron chi connectivity index (χ0n) is 12.7. The molecular formula is C17H32O2. The normalized spacial score (nSPS) is 11.2. The summed E-state index contributed by atoms with van der Waals surface area (Å²) in [5.41, 5.74) is 0. The van der Waals surface area contributed by atoms with Gasteiger partial charge in [-0.3, -0.25) is 4.79 Å². The lowest BCUT2D eigenvalue weighted by molar-refractivity contribution is -0.137. The molecule has 0 rings (SSSR count). The zero-order valence-corrected chi connectivity index (χ0v) is 12.7. The fourth-order valence-electron chi connectivity index (χ4n) is 2.17.